The van der Waals surface area contributed by atoms with Crippen molar-refractivity contribution in [2.45, 2.75) is 25.2 Å². The molecule has 3 heterocycles. The van der Waals surface area contributed by atoms with Crippen molar-refractivity contribution in [3.8, 4) is 0 Å². The number of carbonyl (C=O) groups excluding carboxylic acids is 1. The summed E-state index contributed by atoms with van der Waals surface area (Å²) in [5.74, 6) is 0.128. The zero-order chi connectivity index (χ0) is 17.3. The van der Waals surface area contributed by atoms with Gasteiger partial charge in [-0.25, -0.2) is 8.42 Å². The smallest absolute Gasteiger partial charge is 0.257 e. The second-order valence-corrected chi connectivity index (χ2v) is 7.59. The van der Waals surface area contributed by atoms with E-state index in [1.807, 2.05) is 0 Å². The molecule has 130 valence electrons. The lowest BCUT2D eigenvalue weighted by Crippen LogP contribution is -2.37. The van der Waals surface area contributed by atoms with E-state index in [1.54, 1.807) is 24.8 Å². The summed E-state index contributed by atoms with van der Waals surface area (Å²) in [5, 5.41) is 3.72. The van der Waals surface area contributed by atoms with E-state index in [2.05, 4.69) is 5.16 Å². The van der Waals surface area contributed by atoms with Crippen LogP contribution in [0.25, 0.3) is 0 Å². The van der Waals surface area contributed by atoms with Crippen LogP contribution >= 0.6 is 0 Å². The van der Waals surface area contributed by atoms with Gasteiger partial charge in [-0.2, -0.15) is 4.31 Å². The number of aryl methyl sites for hydroxylation is 2. The minimum absolute atomic E-state index is 0.122. The first-order chi connectivity index (χ1) is 11.4. The number of hydrogen-bond acceptors (Lipinski definition) is 6. The SMILES string of the molecule is Cc1noc(C)c1S(=O)(=O)N1CCCN(C(=O)c2ccoc2)CC1. The molecule has 1 amide bonds. The average molecular weight is 353 g/mol. The van der Waals surface area contributed by atoms with E-state index in [4.69, 9.17) is 8.94 Å². The molecule has 1 fully saturated rings. The summed E-state index contributed by atoms with van der Waals surface area (Å²) in [6.45, 7) is 4.59. The van der Waals surface area contributed by atoms with Crippen LogP contribution in [0.2, 0.25) is 0 Å². The molecule has 0 unspecified atom stereocenters. The van der Waals surface area contributed by atoms with Gasteiger partial charge in [0.15, 0.2) is 5.76 Å². The number of furan rings is 1. The fourth-order valence-corrected chi connectivity index (χ4v) is 4.64. The van der Waals surface area contributed by atoms with Gasteiger partial charge in [0.2, 0.25) is 10.0 Å². The van der Waals surface area contributed by atoms with Crippen molar-refractivity contribution in [1.29, 1.82) is 0 Å². The Bertz CT molecular complexity index is 806. The molecular weight excluding hydrogens is 334 g/mol. The van der Waals surface area contributed by atoms with Gasteiger partial charge < -0.3 is 13.8 Å². The van der Waals surface area contributed by atoms with Crippen LogP contribution in [0.3, 0.4) is 0 Å². The van der Waals surface area contributed by atoms with Crippen molar-refractivity contribution in [2.75, 3.05) is 26.2 Å². The first kappa shape index (κ1) is 16.7. The number of sulfonamides is 1. The molecule has 3 rings (SSSR count). The van der Waals surface area contributed by atoms with E-state index in [9.17, 15) is 13.2 Å². The maximum atomic E-state index is 12.9. The van der Waals surface area contributed by atoms with Gasteiger partial charge in [0, 0.05) is 26.2 Å². The number of aromatic nitrogens is 1. The van der Waals surface area contributed by atoms with Crippen LogP contribution in [-0.4, -0.2) is 54.9 Å². The van der Waals surface area contributed by atoms with Crippen molar-refractivity contribution in [3.63, 3.8) is 0 Å². The van der Waals surface area contributed by atoms with Gasteiger partial charge in [-0.15, -0.1) is 0 Å². The van der Waals surface area contributed by atoms with Gasteiger partial charge in [-0.1, -0.05) is 5.16 Å². The van der Waals surface area contributed by atoms with Gasteiger partial charge in [0.1, 0.15) is 16.9 Å². The Morgan fingerprint density at radius 3 is 2.62 bits per heavy atom. The van der Waals surface area contributed by atoms with Gasteiger partial charge in [-0.05, 0) is 26.3 Å². The minimum atomic E-state index is -3.69. The van der Waals surface area contributed by atoms with Crippen molar-refractivity contribution < 1.29 is 22.2 Å². The molecule has 1 saturated heterocycles. The molecule has 0 atom stereocenters. The number of carbonyl (C=O) groups is 1. The van der Waals surface area contributed by atoms with E-state index >= 15 is 0 Å². The quantitative estimate of drug-likeness (QED) is 0.828. The predicted molar refractivity (Wildman–Crippen MR) is 84.0 cm³/mol. The second-order valence-electron chi connectivity index (χ2n) is 5.72. The normalized spacial score (nSPS) is 17.0. The van der Waals surface area contributed by atoms with E-state index in [-0.39, 0.29) is 23.1 Å². The van der Waals surface area contributed by atoms with E-state index in [1.165, 1.54) is 16.8 Å². The molecule has 0 radical (unpaired) electrons. The third-order valence-electron chi connectivity index (χ3n) is 4.08. The lowest BCUT2D eigenvalue weighted by molar-refractivity contribution is 0.0763. The Hall–Kier alpha value is -2.13. The summed E-state index contributed by atoms with van der Waals surface area (Å²) in [4.78, 5) is 14.1. The molecule has 2 aromatic heterocycles. The molecule has 8 nitrogen and oxygen atoms in total. The fraction of sp³-hybridized carbons (Fsp3) is 0.467. The van der Waals surface area contributed by atoms with Gasteiger partial charge in [0.05, 0.1) is 11.8 Å². The molecule has 0 aromatic carbocycles. The maximum Gasteiger partial charge on any atom is 0.257 e. The Kier molecular flexibility index (Phi) is 4.46. The number of hydrogen-bond donors (Lipinski definition) is 0. The molecule has 0 N–H and O–H groups in total. The zero-order valence-electron chi connectivity index (χ0n) is 13.6. The summed E-state index contributed by atoms with van der Waals surface area (Å²) in [7, 11) is -3.69. The second kappa shape index (κ2) is 6.40. The molecule has 0 saturated carbocycles. The van der Waals surface area contributed by atoms with Crippen LogP contribution in [0, 0.1) is 13.8 Å². The first-order valence-corrected chi connectivity index (χ1v) is 9.10. The standard InChI is InChI=1S/C15H19N3O5S/c1-11-14(12(2)23-16-11)24(20,21)18-6-3-5-17(7-8-18)15(19)13-4-9-22-10-13/h4,9-10H,3,5-8H2,1-2H3. The number of rotatable bonds is 3. The maximum absolute atomic E-state index is 12.9. The van der Waals surface area contributed by atoms with Crippen LogP contribution in [0.4, 0.5) is 0 Å². The Morgan fingerprint density at radius 2 is 2.00 bits per heavy atom. The largest absolute Gasteiger partial charge is 0.472 e. The Labute approximate surface area is 140 Å². The molecule has 1 aliphatic rings. The molecule has 2 aromatic rings. The van der Waals surface area contributed by atoms with E-state index in [0.29, 0.717) is 37.3 Å². The van der Waals surface area contributed by atoms with E-state index in [0.717, 1.165) is 0 Å². The molecular formula is C15H19N3O5S. The van der Waals surface area contributed by atoms with Crippen molar-refractivity contribution in [1.82, 2.24) is 14.4 Å². The summed E-state index contributed by atoms with van der Waals surface area (Å²) < 4.78 is 37.0. The average Bonchev–Trinajstić information content (AvgIpc) is 3.10. The highest BCUT2D eigenvalue weighted by Gasteiger charge is 2.33. The Morgan fingerprint density at radius 1 is 1.21 bits per heavy atom. The molecule has 9 heteroatoms. The van der Waals surface area contributed by atoms with Crippen molar-refractivity contribution in [3.05, 3.63) is 35.6 Å². The topological polar surface area (TPSA) is 96.9 Å². The molecule has 0 aliphatic carbocycles. The summed E-state index contributed by atoms with van der Waals surface area (Å²) in [6.07, 6.45) is 3.40. The van der Waals surface area contributed by atoms with Crippen LogP contribution in [0.5, 0.6) is 0 Å². The highest BCUT2D eigenvalue weighted by atomic mass is 32.2. The van der Waals surface area contributed by atoms with Crippen molar-refractivity contribution >= 4 is 15.9 Å². The molecule has 0 spiro atoms. The predicted octanol–water partition coefficient (Wildman–Crippen LogP) is 1.42. The first-order valence-electron chi connectivity index (χ1n) is 7.66. The lowest BCUT2D eigenvalue weighted by atomic mass is 10.3. The van der Waals surface area contributed by atoms with Crippen LogP contribution in [-0.2, 0) is 10.0 Å². The van der Waals surface area contributed by atoms with Crippen LogP contribution < -0.4 is 0 Å². The lowest BCUT2D eigenvalue weighted by Gasteiger charge is -2.21. The van der Waals surface area contributed by atoms with Crippen molar-refractivity contribution in [2.24, 2.45) is 0 Å². The summed E-state index contributed by atoms with van der Waals surface area (Å²) >= 11 is 0. The fourth-order valence-electron chi connectivity index (χ4n) is 2.88. The van der Waals surface area contributed by atoms with Gasteiger partial charge >= 0.3 is 0 Å². The Balaban J connectivity index is 1.77. The third-order valence-corrected chi connectivity index (χ3v) is 6.22. The van der Waals surface area contributed by atoms with Gasteiger partial charge in [0.25, 0.3) is 5.91 Å². The highest BCUT2D eigenvalue weighted by molar-refractivity contribution is 7.89. The minimum Gasteiger partial charge on any atom is -0.472 e. The summed E-state index contributed by atoms with van der Waals surface area (Å²) in [6, 6.07) is 1.60. The monoisotopic (exact) mass is 353 g/mol. The molecule has 24 heavy (non-hydrogen) atoms. The zero-order valence-corrected chi connectivity index (χ0v) is 14.4. The number of amides is 1. The van der Waals surface area contributed by atoms with Gasteiger partial charge in [-0.3, -0.25) is 4.79 Å². The van der Waals surface area contributed by atoms with E-state index < -0.39 is 10.0 Å². The third kappa shape index (κ3) is 2.96. The molecule has 0 bridgehead atoms. The molecule has 1 aliphatic heterocycles. The van der Waals surface area contributed by atoms with Crippen LogP contribution in [0.15, 0.2) is 32.4 Å². The number of nitrogens with zero attached hydrogens (tertiary/aromatic N) is 3. The van der Waals surface area contributed by atoms with Crippen LogP contribution in [0.1, 0.15) is 28.2 Å². The summed E-state index contributed by atoms with van der Waals surface area (Å²) in [5.41, 5.74) is 0.820. The highest BCUT2D eigenvalue weighted by Crippen LogP contribution is 2.24.